The third kappa shape index (κ3) is 10.4. The number of carbonyl (C=O) groups is 6. The van der Waals surface area contributed by atoms with Crippen LogP contribution in [0.3, 0.4) is 0 Å². The van der Waals surface area contributed by atoms with Gasteiger partial charge < -0.3 is 20.8 Å². The number of hydrogen-bond donors (Lipinski definition) is 3. The SMILES string of the molecule is CCCC(C)(C)CNC(=O)[C@H](C)NC(=O)[C@@H](NC(=O)CCCC(=O)ON1C(=O)CCC1=O)C(C)C. The van der Waals surface area contributed by atoms with Crippen LogP contribution in [0.25, 0.3) is 0 Å². The first-order chi connectivity index (χ1) is 16.3. The van der Waals surface area contributed by atoms with Crippen molar-refractivity contribution in [2.45, 2.75) is 98.6 Å². The van der Waals surface area contributed by atoms with Crippen molar-refractivity contribution in [2.75, 3.05) is 6.54 Å². The zero-order chi connectivity index (χ0) is 26.8. The molecule has 0 saturated carbocycles. The first-order valence-electron chi connectivity index (χ1n) is 12.2. The molecule has 1 aliphatic heterocycles. The number of rotatable bonds is 14. The van der Waals surface area contributed by atoms with Crippen molar-refractivity contribution in [3.05, 3.63) is 0 Å². The van der Waals surface area contributed by atoms with E-state index in [0.29, 0.717) is 11.6 Å². The van der Waals surface area contributed by atoms with Crippen LogP contribution in [0.15, 0.2) is 0 Å². The number of hydroxylamine groups is 2. The highest BCUT2D eigenvalue weighted by atomic mass is 16.7. The normalized spacial score (nSPS) is 15.6. The Balaban J connectivity index is 2.47. The van der Waals surface area contributed by atoms with E-state index in [4.69, 9.17) is 4.84 Å². The predicted molar refractivity (Wildman–Crippen MR) is 127 cm³/mol. The summed E-state index contributed by atoms with van der Waals surface area (Å²) in [7, 11) is 0. The molecule has 0 aromatic heterocycles. The average Bonchev–Trinajstić information content (AvgIpc) is 3.07. The van der Waals surface area contributed by atoms with Gasteiger partial charge in [0, 0.05) is 32.2 Å². The summed E-state index contributed by atoms with van der Waals surface area (Å²) in [5, 5.41) is 8.61. The first kappa shape index (κ1) is 30.1. The van der Waals surface area contributed by atoms with Crippen molar-refractivity contribution >= 4 is 35.5 Å². The van der Waals surface area contributed by atoms with Crippen molar-refractivity contribution in [2.24, 2.45) is 11.3 Å². The van der Waals surface area contributed by atoms with Crippen LogP contribution in [0, 0.1) is 11.3 Å². The van der Waals surface area contributed by atoms with Crippen molar-refractivity contribution < 1.29 is 33.6 Å². The molecule has 2 atom stereocenters. The van der Waals surface area contributed by atoms with E-state index in [1.54, 1.807) is 20.8 Å². The summed E-state index contributed by atoms with van der Waals surface area (Å²) in [6.07, 6.45) is 1.85. The van der Waals surface area contributed by atoms with Gasteiger partial charge in [0.2, 0.25) is 17.7 Å². The topological polar surface area (TPSA) is 151 Å². The summed E-state index contributed by atoms with van der Waals surface area (Å²) in [5.74, 6) is -3.40. The Morgan fingerprint density at radius 1 is 0.971 bits per heavy atom. The standard InChI is InChI=1S/C24H40N4O7/c1-7-13-24(5,6)14-25-22(33)16(4)26-23(34)21(15(2)3)27-17(29)9-8-10-20(32)35-28-18(30)11-12-19(28)31/h15-16,21H,7-14H2,1-6H3,(H,25,33)(H,26,34)(H,27,29)/t16-,21-/m0/s1. The maximum atomic E-state index is 12.7. The molecule has 1 saturated heterocycles. The summed E-state index contributed by atoms with van der Waals surface area (Å²) in [6.45, 7) is 11.8. The molecule has 0 radical (unpaired) electrons. The second-order valence-corrected chi connectivity index (χ2v) is 10.1. The third-order valence-corrected chi connectivity index (χ3v) is 5.67. The summed E-state index contributed by atoms with van der Waals surface area (Å²) >= 11 is 0. The van der Waals surface area contributed by atoms with Gasteiger partial charge in [-0.05, 0) is 31.1 Å². The van der Waals surface area contributed by atoms with Gasteiger partial charge in [-0.15, -0.1) is 5.06 Å². The first-order valence-corrected chi connectivity index (χ1v) is 12.2. The zero-order valence-corrected chi connectivity index (χ0v) is 21.7. The Hall–Kier alpha value is -2.98. The molecule has 3 N–H and O–H groups in total. The van der Waals surface area contributed by atoms with Crippen molar-refractivity contribution in [1.29, 1.82) is 0 Å². The van der Waals surface area contributed by atoms with Crippen LogP contribution in [0.5, 0.6) is 0 Å². The third-order valence-electron chi connectivity index (χ3n) is 5.67. The molecule has 5 amide bonds. The smallest absolute Gasteiger partial charge is 0.333 e. The number of nitrogens with one attached hydrogen (secondary N) is 3. The van der Waals surface area contributed by atoms with Crippen LogP contribution in [-0.4, -0.2) is 59.2 Å². The zero-order valence-electron chi connectivity index (χ0n) is 21.7. The molecule has 0 aromatic carbocycles. The van der Waals surface area contributed by atoms with Gasteiger partial charge in [0.15, 0.2) is 0 Å². The van der Waals surface area contributed by atoms with Crippen LogP contribution in [-0.2, 0) is 33.6 Å². The molecule has 0 bridgehead atoms. The molecule has 11 heteroatoms. The number of nitrogens with zero attached hydrogens (tertiary/aromatic N) is 1. The second-order valence-electron chi connectivity index (χ2n) is 10.1. The van der Waals surface area contributed by atoms with E-state index in [1.165, 1.54) is 0 Å². The van der Waals surface area contributed by atoms with E-state index in [0.717, 1.165) is 12.8 Å². The minimum absolute atomic E-state index is 0.00426. The number of hydrogen-bond acceptors (Lipinski definition) is 7. The van der Waals surface area contributed by atoms with Crippen molar-refractivity contribution in [1.82, 2.24) is 21.0 Å². The number of amides is 5. The molecule has 1 fully saturated rings. The summed E-state index contributed by atoms with van der Waals surface area (Å²) in [4.78, 5) is 77.0. The fraction of sp³-hybridized carbons (Fsp3) is 0.750. The Kier molecular flexibility index (Phi) is 11.8. The number of carbonyl (C=O) groups excluding carboxylic acids is 6. The quantitative estimate of drug-likeness (QED) is 0.307. The maximum absolute atomic E-state index is 12.7. The van der Waals surface area contributed by atoms with Crippen molar-refractivity contribution in [3.8, 4) is 0 Å². The van der Waals surface area contributed by atoms with Crippen molar-refractivity contribution in [3.63, 3.8) is 0 Å². The van der Waals surface area contributed by atoms with Crippen LogP contribution in [0.4, 0.5) is 0 Å². The Bertz CT molecular complexity index is 794. The van der Waals surface area contributed by atoms with Gasteiger partial charge in [-0.1, -0.05) is 41.0 Å². The average molecular weight is 497 g/mol. The molecule has 1 rings (SSSR count). The Labute approximate surface area is 207 Å². The van der Waals surface area contributed by atoms with E-state index >= 15 is 0 Å². The van der Waals surface area contributed by atoms with E-state index in [9.17, 15) is 28.8 Å². The highest BCUT2D eigenvalue weighted by molar-refractivity contribution is 6.01. The lowest BCUT2D eigenvalue weighted by molar-refractivity contribution is -0.197. The molecule has 1 aliphatic rings. The number of imide groups is 1. The predicted octanol–water partition coefficient (Wildman–Crippen LogP) is 1.35. The van der Waals surface area contributed by atoms with Gasteiger partial charge in [-0.3, -0.25) is 24.0 Å². The lowest BCUT2D eigenvalue weighted by Crippen LogP contribution is -2.55. The van der Waals surface area contributed by atoms with E-state index in [-0.39, 0.29) is 49.3 Å². The van der Waals surface area contributed by atoms with Gasteiger partial charge >= 0.3 is 5.97 Å². The monoisotopic (exact) mass is 496 g/mol. The van der Waals surface area contributed by atoms with E-state index < -0.39 is 41.7 Å². The Morgan fingerprint density at radius 3 is 2.11 bits per heavy atom. The van der Waals surface area contributed by atoms with Gasteiger partial charge in [-0.2, -0.15) is 0 Å². The highest BCUT2D eigenvalue weighted by Gasteiger charge is 2.33. The molecule has 1 heterocycles. The minimum atomic E-state index is -0.860. The molecular weight excluding hydrogens is 456 g/mol. The molecule has 0 unspecified atom stereocenters. The highest BCUT2D eigenvalue weighted by Crippen LogP contribution is 2.20. The molecule has 0 aliphatic carbocycles. The molecule has 0 spiro atoms. The van der Waals surface area contributed by atoms with Crippen LogP contribution >= 0.6 is 0 Å². The fourth-order valence-corrected chi connectivity index (χ4v) is 3.59. The minimum Gasteiger partial charge on any atom is -0.354 e. The lowest BCUT2D eigenvalue weighted by atomic mass is 9.88. The molecule has 11 nitrogen and oxygen atoms in total. The lowest BCUT2D eigenvalue weighted by Gasteiger charge is -2.26. The van der Waals surface area contributed by atoms with E-state index in [1.807, 2.05) is 0 Å². The molecule has 198 valence electrons. The molecular formula is C24H40N4O7. The van der Waals surface area contributed by atoms with Gasteiger partial charge in [0.05, 0.1) is 0 Å². The van der Waals surface area contributed by atoms with Crippen LogP contribution in [0.2, 0.25) is 0 Å². The molecule has 0 aromatic rings. The maximum Gasteiger partial charge on any atom is 0.333 e. The fourth-order valence-electron chi connectivity index (χ4n) is 3.59. The van der Waals surface area contributed by atoms with Gasteiger partial charge in [0.25, 0.3) is 11.8 Å². The van der Waals surface area contributed by atoms with Gasteiger partial charge in [0.1, 0.15) is 12.1 Å². The second kappa shape index (κ2) is 13.8. The largest absolute Gasteiger partial charge is 0.354 e. The summed E-state index contributed by atoms with van der Waals surface area (Å²) in [6, 6.07) is -1.63. The van der Waals surface area contributed by atoms with Gasteiger partial charge in [-0.25, -0.2) is 4.79 Å². The van der Waals surface area contributed by atoms with Crippen LogP contribution in [0.1, 0.15) is 86.5 Å². The molecule has 35 heavy (non-hydrogen) atoms. The Morgan fingerprint density at radius 2 is 1.57 bits per heavy atom. The summed E-state index contributed by atoms with van der Waals surface area (Å²) in [5.41, 5.74) is -0.0471. The van der Waals surface area contributed by atoms with E-state index in [2.05, 4.69) is 36.7 Å². The summed E-state index contributed by atoms with van der Waals surface area (Å²) < 4.78 is 0. The van der Waals surface area contributed by atoms with Crippen LogP contribution < -0.4 is 16.0 Å².